The number of benzene rings is 1. The predicted octanol–water partition coefficient (Wildman–Crippen LogP) is 2.01. The van der Waals surface area contributed by atoms with Gasteiger partial charge in [0.1, 0.15) is 12.6 Å². The zero-order valence-electron chi connectivity index (χ0n) is 14.3. The van der Waals surface area contributed by atoms with E-state index in [-0.39, 0.29) is 18.4 Å². The monoisotopic (exact) mass is 336 g/mol. The van der Waals surface area contributed by atoms with E-state index in [1.54, 1.807) is 48.6 Å². The van der Waals surface area contributed by atoms with Crippen LogP contribution < -0.4 is 4.90 Å². The maximum absolute atomic E-state index is 12.5. The third kappa shape index (κ3) is 4.88. The fourth-order valence-electron chi connectivity index (χ4n) is 2.40. The van der Waals surface area contributed by atoms with Crippen molar-refractivity contribution in [2.45, 2.75) is 13.3 Å². The molecule has 0 radical (unpaired) electrons. The van der Waals surface area contributed by atoms with Gasteiger partial charge in [0.05, 0.1) is 11.3 Å². The first-order valence-corrected chi connectivity index (χ1v) is 7.93. The molecule has 0 atom stereocenters. The Hall–Kier alpha value is -3.20. The van der Waals surface area contributed by atoms with Gasteiger partial charge in [0.2, 0.25) is 11.8 Å². The Morgan fingerprint density at radius 1 is 1.16 bits per heavy atom. The molecule has 0 fully saturated rings. The van der Waals surface area contributed by atoms with Crippen LogP contribution in [0, 0.1) is 11.3 Å². The second kappa shape index (κ2) is 8.60. The first kappa shape index (κ1) is 18.1. The van der Waals surface area contributed by atoms with Crippen molar-refractivity contribution >= 4 is 17.5 Å². The third-order valence-corrected chi connectivity index (χ3v) is 3.90. The van der Waals surface area contributed by atoms with Gasteiger partial charge in [-0.2, -0.15) is 5.26 Å². The lowest BCUT2D eigenvalue weighted by Gasteiger charge is -2.25. The average molecular weight is 336 g/mol. The molecule has 0 aliphatic heterocycles. The normalized spacial score (nSPS) is 9.96. The van der Waals surface area contributed by atoms with E-state index in [1.807, 2.05) is 12.1 Å². The van der Waals surface area contributed by atoms with E-state index in [0.29, 0.717) is 24.2 Å². The van der Waals surface area contributed by atoms with E-state index in [4.69, 9.17) is 0 Å². The number of aromatic nitrogens is 1. The number of pyridine rings is 1. The van der Waals surface area contributed by atoms with Crippen LogP contribution in [0.1, 0.15) is 18.1 Å². The number of hydrogen-bond donors (Lipinski definition) is 0. The zero-order chi connectivity index (χ0) is 18.2. The van der Waals surface area contributed by atoms with Crippen LogP contribution in [0.3, 0.4) is 0 Å². The van der Waals surface area contributed by atoms with Crippen LogP contribution >= 0.6 is 0 Å². The van der Waals surface area contributed by atoms with Crippen LogP contribution in [0.25, 0.3) is 0 Å². The van der Waals surface area contributed by atoms with Gasteiger partial charge in [-0.3, -0.25) is 14.6 Å². The molecule has 0 aliphatic rings. The number of anilines is 1. The fourth-order valence-corrected chi connectivity index (χ4v) is 2.40. The SMILES string of the molecule is CC(=O)N(CC(=O)N(C)CCc1ccncc1)c1ccccc1C#N. The van der Waals surface area contributed by atoms with Crippen LogP contribution in [-0.4, -0.2) is 41.8 Å². The standard InChI is InChI=1S/C19H20N4O2/c1-15(24)23(18-6-4-3-5-17(18)13-20)14-19(25)22(2)12-9-16-7-10-21-11-8-16/h3-8,10-11H,9,12,14H2,1-2H3. The van der Waals surface area contributed by atoms with Crippen LogP contribution in [0.4, 0.5) is 5.69 Å². The topological polar surface area (TPSA) is 77.3 Å². The molecular formula is C19H20N4O2. The van der Waals surface area contributed by atoms with Gasteiger partial charge >= 0.3 is 0 Å². The molecule has 1 aromatic carbocycles. The summed E-state index contributed by atoms with van der Waals surface area (Å²) in [5, 5.41) is 9.21. The number of carbonyl (C=O) groups is 2. The molecule has 2 amide bonds. The number of nitriles is 1. The summed E-state index contributed by atoms with van der Waals surface area (Å²) in [6, 6.07) is 12.6. The van der Waals surface area contributed by atoms with E-state index in [2.05, 4.69) is 11.1 Å². The van der Waals surface area contributed by atoms with E-state index in [0.717, 1.165) is 5.56 Å². The molecule has 0 saturated heterocycles. The van der Waals surface area contributed by atoms with Crippen molar-refractivity contribution in [3.05, 3.63) is 59.9 Å². The van der Waals surface area contributed by atoms with Crippen LogP contribution in [0.15, 0.2) is 48.8 Å². The summed E-state index contributed by atoms with van der Waals surface area (Å²) in [6.07, 6.45) is 4.14. The second-order valence-electron chi connectivity index (χ2n) is 5.65. The van der Waals surface area contributed by atoms with Gasteiger partial charge in [0.15, 0.2) is 0 Å². The highest BCUT2D eigenvalue weighted by molar-refractivity contribution is 5.98. The second-order valence-corrected chi connectivity index (χ2v) is 5.65. The first-order chi connectivity index (χ1) is 12.0. The fraction of sp³-hybridized carbons (Fsp3) is 0.263. The first-order valence-electron chi connectivity index (χ1n) is 7.93. The van der Waals surface area contributed by atoms with Crippen LogP contribution in [-0.2, 0) is 16.0 Å². The summed E-state index contributed by atoms with van der Waals surface area (Å²) in [4.78, 5) is 31.4. The molecule has 0 unspecified atom stereocenters. The third-order valence-electron chi connectivity index (χ3n) is 3.90. The number of carbonyl (C=O) groups excluding carboxylic acids is 2. The molecule has 0 spiro atoms. The van der Waals surface area contributed by atoms with Gasteiger partial charge in [-0.15, -0.1) is 0 Å². The summed E-state index contributed by atoms with van der Waals surface area (Å²) in [5.74, 6) is -0.462. The Balaban J connectivity index is 2.05. The lowest BCUT2D eigenvalue weighted by molar-refractivity contribution is -0.130. The van der Waals surface area contributed by atoms with Gasteiger partial charge < -0.3 is 9.80 Å². The van der Waals surface area contributed by atoms with Gasteiger partial charge in [-0.25, -0.2) is 0 Å². The molecule has 6 nitrogen and oxygen atoms in total. The highest BCUT2D eigenvalue weighted by Crippen LogP contribution is 2.19. The van der Waals surface area contributed by atoms with Crippen molar-refractivity contribution < 1.29 is 9.59 Å². The minimum atomic E-state index is -0.279. The van der Waals surface area contributed by atoms with Crippen molar-refractivity contribution in [3.63, 3.8) is 0 Å². The van der Waals surface area contributed by atoms with Crippen LogP contribution in [0.2, 0.25) is 0 Å². The highest BCUT2D eigenvalue weighted by atomic mass is 16.2. The van der Waals surface area contributed by atoms with Crippen molar-refractivity contribution in [2.75, 3.05) is 25.0 Å². The zero-order valence-corrected chi connectivity index (χ0v) is 14.3. The van der Waals surface area contributed by atoms with Gasteiger partial charge in [-0.05, 0) is 36.2 Å². The summed E-state index contributed by atoms with van der Waals surface area (Å²) < 4.78 is 0. The van der Waals surface area contributed by atoms with E-state index in [1.165, 1.54) is 11.8 Å². The molecule has 25 heavy (non-hydrogen) atoms. The van der Waals surface area contributed by atoms with Gasteiger partial charge in [-0.1, -0.05) is 12.1 Å². The number of rotatable bonds is 6. The van der Waals surface area contributed by atoms with E-state index < -0.39 is 0 Å². The molecule has 1 aromatic heterocycles. The summed E-state index contributed by atoms with van der Waals surface area (Å²) >= 11 is 0. The maximum Gasteiger partial charge on any atom is 0.242 e. The van der Waals surface area contributed by atoms with Gasteiger partial charge in [0.25, 0.3) is 0 Å². The number of hydrogen-bond acceptors (Lipinski definition) is 4. The van der Waals surface area contributed by atoms with Crippen LogP contribution in [0.5, 0.6) is 0 Å². The molecule has 0 saturated carbocycles. The number of nitrogens with zero attached hydrogens (tertiary/aromatic N) is 4. The quantitative estimate of drug-likeness (QED) is 0.808. The Labute approximate surface area is 147 Å². The highest BCUT2D eigenvalue weighted by Gasteiger charge is 2.20. The number of para-hydroxylation sites is 1. The molecule has 2 aromatic rings. The Morgan fingerprint density at radius 2 is 1.84 bits per heavy atom. The van der Waals surface area contributed by atoms with Crippen molar-refractivity contribution in [1.29, 1.82) is 5.26 Å². The predicted molar refractivity (Wildman–Crippen MR) is 94.8 cm³/mol. The number of likely N-dealkylation sites (N-methyl/N-ethyl adjacent to an activating group) is 1. The maximum atomic E-state index is 12.5. The van der Waals surface area contributed by atoms with E-state index >= 15 is 0 Å². The molecule has 6 heteroatoms. The summed E-state index contributed by atoms with van der Waals surface area (Å²) in [6.45, 7) is 1.83. The lowest BCUT2D eigenvalue weighted by atomic mass is 10.1. The van der Waals surface area contributed by atoms with Crippen molar-refractivity contribution in [3.8, 4) is 6.07 Å². The molecular weight excluding hydrogens is 316 g/mol. The van der Waals surface area contributed by atoms with Crippen molar-refractivity contribution in [2.24, 2.45) is 0 Å². The average Bonchev–Trinajstić information content (AvgIpc) is 2.64. The largest absolute Gasteiger partial charge is 0.344 e. The molecule has 2 rings (SSSR count). The number of amides is 2. The molecule has 0 N–H and O–H groups in total. The molecule has 0 aliphatic carbocycles. The van der Waals surface area contributed by atoms with Crippen molar-refractivity contribution in [1.82, 2.24) is 9.88 Å². The molecule has 1 heterocycles. The summed E-state index contributed by atoms with van der Waals surface area (Å²) in [5.41, 5.74) is 1.91. The summed E-state index contributed by atoms with van der Waals surface area (Å²) in [7, 11) is 1.71. The van der Waals surface area contributed by atoms with E-state index in [9.17, 15) is 14.9 Å². The Morgan fingerprint density at radius 3 is 2.48 bits per heavy atom. The Bertz CT molecular complexity index is 784. The van der Waals surface area contributed by atoms with Gasteiger partial charge in [0, 0.05) is 32.9 Å². The molecule has 0 bridgehead atoms. The Kier molecular flexibility index (Phi) is 6.24. The minimum Gasteiger partial charge on any atom is -0.344 e. The lowest BCUT2D eigenvalue weighted by Crippen LogP contribution is -2.41. The smallest absolute Gasteiger partial charge is 0.242 e. The minimum absolute atomic E-state index is 0.0964. The molecule has 128 valence electrons.